The van der Waals surface area contributed by atoms with Crippen LogP contribution in [0.5, 0.6) is 0 Å². The molecular formula is C12H15N3O2. The Morgan fingerprint density at radius 3 is 2.71 bits per heavy atom. The molecule has 0 radical (unpaired) electrons. The van der Waals surface area contributed by atoms with Gasteiger partial charge < -0.3 is 5.32 Å². The van der Waals surface area contributed by atoms with Gasteiger partial charge in [0.25, 0.3) is 0 Å². The van der Waals surface area contributed by atoms with E-state index in [1.807, 2.05) is 31.2 Å². The van der Waals surface area contributed by atoms with Crippen LogP contribution in [0, 0.1) is 6.92 Å². The maximum Gasteiger partial charge on any atom is 0.239 e. The van der Waals surface area contributed by atoms with E-state index in [1.165, 1.54) is 5.56 Å². The monoisotopic (exact) mass is 233 g/mol. The highest BCUT2D eigenvalue weighted by molar-refractivity contribution is 5.90. The lowest BCUT2D eigenvalue weighted by Crippen LogP contribution is -2.42. The molecule has 3 N–H and O–H groups in total. The average molecular weight is 233 g/mol. The van der Waals surface area contributed by atoms with E-state index in [-0.39, 0.29) is 18.2 Å². The third kappa shape index (κ3) is 3.04. The molecule has 90 valence electrons. The molecule has 17 heavy (non-hydrogen) atoms. The Hall–Kier alpha value is -1.88. The molecule has 0 bridgehead atoms. The lowest BCUT2D eigenvalue weighted by atomic mass is 10.1. The van der Waals surface area contributed by atoms with Crippen LogP contribution in [-0.4, -0.2) is 17.9 Å². The highest BCUT2D eigenvalue weighted by Crippen LogP contribution is 2.03. The fraction of sp³-hybridized carbons (Fsp3) is 0.333. The minimum Gasteiger partial charge on any atom is -0.351 e. The van der Waals surface area contributed by atoms with Crippen LogP contribution in [0.15, 0.2) is 24.3 Å². The Labute approximate surface area is 99.6 Å². The van der Waals surface area contributed by atoms with E-state index in [9.17, 15) is 9.59 Å². The van der Waals surface area contributed by atoms with Crippen molar-refractivity contribution < 1.29 is 9.59 Å². The van der Waals surface area contributed by atoms with E-state index in [1.54, 1.807) is 0 Å². The first-order chi connectivity index (χ1) is 8.15. The first-order valence-electron chi connectivity index (χ1n) is 5.53. The van der Waals surface area contributed by atoms with Gasteiger partial charge in [-0.15, -0.1) is 0 Å². The Morgan fingerprint density at radius 1 is 1.41 bits per heavy atom. The molecule has 1 saturated heterocycles. The van der Waals surface area contributed by atoms with Gasteiger partial charge >= 0.3 is 0 Å². The van der Waals surface area contributed by atoms with E-state index in [4.69, 9.17) is 0 Å². The predicted molar refractivity (Wildman–Crippen MR) is 62.7 cm³/mol. The molecule has 5 nitrogen and oxygen atoms in total. The SMILES string of the molecule is Cc1ccc(CNC(=O)C2CC(=O)NN2)cc1. The van der Waals surface area contributed by atoms with Gasteiger partial charge in [-0.1, -0.05) is 29.8 Å². The summed E-state index contributed by atoms with van der Waals surface area (Å²) >= 11 is 0. The zero-order valence-corrected chi connectivity index (χ0v) is 9.62. The lowest BCUT2D eigenvalue weighted by molar-refractivity contribution is -0.124. The highest BCUT2D eigenvalue weighted by Gasteiger charge is 2.27. The summed E-state index contributed by atoms with van der Waals surface area (Å²) < 4.78 is 0. The number of nitrogens with one attached hydrogen (secondary N) is 3. The van der Waals surface area contributed by atoms with E-state index < -0.39 is 6.04 Å². The van der Waals surface area contributed by atoms with Crippen molar-refractivity contribution in [1.82, 2.24) is 16.2 Å². The van der Waals surface area contributed by atoms with Gasteiger partial charge in [-0.3, -0.25) is 15.0 Å². The number of carbonyl (C=O) groups excluding carboxylic acids is 2. The molecule has 2 amide bonds. The molecule has 0 saturated carbocycles. The molecule has 5 heteroatoms. The maximum atomic E-state index is 11.7. The summed E-state index contributed by atoms with van der Waals surface area (Å²) in [6.07, 6.45) is 0.194. The number of rotatable bonds is 3. The normalized spacial score (nSPS) is 18.9. The van der Waals surface area contributed by atoms with Crippen LogP contribution < -0.4 is 16.2 Å². The molecule has 1 aliphatic heterocycles. The summed E-state index contributed by atoms with van der Waals surface area (Å²) in [6, 6.07) is 7.48. The molecule has 0 aliphatic carbocycles. The number of hydrogen-bond acceptors (Lipinski definition) is 3. The molecule has 1 heterocycles. The summed E-state index contributed by atoms with van der Waals surface area (Å²) in [5, 5.41) is 2.79. The van der Waals surface area contributed by atoms with Gasteiger partial charge in [0.05, 0.1) is 6.42 Å². The van der Waals surface area contributed by atoms with Crippen LogP contribution in [0.4, 0.5) is 0 Å². The summed E-state index contributed by atoms with van der Waals surface area (Å²) in [4.78, 5) is 22.6. The van der Waals surface area contributed by atoms with Crippen molar-refractivity contribution in [3.05, 3.63) is 35.4 Å². The number of hydrazine groups is 1. The third-order valence-corrected chi connectivity index (χ3v) is 2.68. The van der Waals surface area contributed by atoms with Crippen LogP contribution in [0.2, 0.25) is 0 Å². The highest BCUT2D eigenvalue weighted by atomic mass is 16.2. The molecule has 1 fully saturated rings. The minimum absolute atomic E-state index is 0.152. The number of aryl methyl sites for hydroxylation is 1. The largest absolute Gasteiger partial charge is 0.351 e. The van der Waals surface area contributed by atoms with Gasteiger partial charge in [0, 0.05) is 6.54 Å². The van der Waals surface area contributed by atoms with Gasteiger partial charge in [0.2, 0.25) is 11.8 Å². The quantitative estimate of drug-likeness (QED) is 0.688. The molecule has 0 spiro atoms. The first-order valence-corrected chi connectivity index (χ1v) is 5.53. The van der Waals surface area contributed by atoms with Crippen molar-refractivity contribution in [2.24, 2.45) is 0 Å². The van der Waals surface area contributed by atoms with E-state index in [0.717, 1.165) is 5.56 Å². The standard InChI is InChI=1S/C12H15N3O2/c1-8-2-4-9(5-3-8)7-13-12(17)10-6-11(16)15-14-10/h2-5,10,14H,6-7H2,1H3,(H,13,17)(H,15,16). The number of carbonyl (C=O) groups is 2. The van der Waals surface area contributed by atoms with Crippen LogP contribution in [0.1, 0.15) is 17.5 Å². The molecule has 1 unspecified atom stereocenters. The van der Waals surface area contributed by atoms with Crippen molar-refractivity contribution in [2.75, 3.05) is 0 Å². The van der Waals surface area contributed by atoms with Crippen molar-refractivity contribution in [3.8, 4) is 0 Å². The zero-order chi connectivity index (χ0) is 12.3. The van der Waals surface area contributed by atoms with Crippen molar-refractivity contribution in [1.29, 1.82) is 0 Å². The third-order valence-electron chi connectivity index (χ3n) is 2.68. The topological polar surface area (TPSA) is 70.2 Å². The van der Waals surface area contributed by atoms with Crippen molar-refractivity contribution in [2.45, 2.75) is 25.9 Å². The zero-order valence-electron chi connectivity index (χ0n) is 9.62. The smallest absolute Gasteiger partial charge is 0.239 e. The van der Waals surface area contributed by atoms with E-state index in [0.29, 0.717) is 6.54 Å². The average Bonchev–Trinajstić information content (AvgIpc) is 2.75. The molecule has 1 aliphatic rings. The molecular weight excluding hydrogens is 218 g/mol. The van der Waals surface area contributed by atoms with Crippen LogP contribution in [-0.2, 0) is 16.1 Å². The Morgan fingerprint density at radius 2 is 2.12 bits per heavy atom. The second kappa shape index (κ2) is 4.97. The molecule has 1 aromatic carbocycles. The second-order valence-electron chi connectivity index (χ2n) is 4.15. The number of benzene rings is 1. The van der Waals surface area contributed by atoms with Crippen molar-refractivity contribution in [3.63, 3.8) is 0 Å². The van der Waals surface area contributed by atoms with Crippen LogP contribution >= 0.6 is 0 Å². The number of hydrogen-bond donors (Lipinski definition) is 3. The fourth-order valence-corrected chi connectivity index (χ4v) is 1.63. The predicted octanol–water partition coefficient (Wildman–Crippen LogP) is 0.00432. The fourth-order valence-electron chi connectivity index (χ4n) is 1.63. The summed E-state index contributed by atoms with van der Waals surface area (Å²) in [5.74, 6) is -0.315. The maximum absolute atomic E-state index is 11.7. The molecule has 1 atom stereocenters. The Balaban J connectivity index is 1.84. The van der Waals surface area contributed by atoms with Gasteiger partial charge in [-0.2, -0.15) is 0 Å². The van der Waals surface area contributed by atoms with Crippen LogP contribution in [0.25, 0.3) is 0 Å². The number of amides is 2. The molecule has 0 aromatic heterocycles. The van der Waals surface area contributed by atoms with Gasteiger partial charge in [-0.05, 0) is 12.5 Å². The van der Waals surface area contributed by atoms with Gasteiger partial charge in [-0.25, -0.2) is 5.43 Å². The Kier molecular flexibility index (Phi) is 3.39. The summed E-state index contributed by atoms with van der Waals surface area (Å²) in [5.41, 5.74) is 7.28. The second-order valence-corrected chi connectivity index (χ2v) is 4.15. The van der Waals surface area contributed by atoms with E-state index >= 15 is 0 Å². The van der Waals surface area contributed by atoms with Crippen molar-refractivity contribution >= 4 is 11.8 Å². The summed E-state index contributed by atoms with van der Waals surface area (Å²) in [7, 11) is 0. The first kappa shape index (κ1) is 11.6. The summed E-state index contributed by atoms with van der Waals surface area (Å²) in [6.45, 7) is 2.49. The minimum atomic E-state index is -0.465. The molecule has 1 aromatic rings. The molecule has 2 rings (SSSR count). The van der Waals surface area contributed by atoms with Gasteiger partial charge in [0.1, 0.15) is 6.04 Å². The lowest BCUT2D eigenvalue weighted by Gasteiger charge is -2.09. The van der Waals surface area contributed by atoms with Crippen LogP contribution in [0.3, 0.4) is 0 Å². The van der Waals surface area contributed by atoms with Gasteiger partial charge in [0.15, 0.2) is 0 Å². The van der Waals surface area contributed by atoms with E-state index in [2.05, 4.69) is 16.2 Å². The Bertz CT molecular complexity index is 428.